The first-order valence-corrected chi connectivity index (χ1v) is 8.87. The van der Waals surface area contributed by atoms with Gasteiger partial charge < -0.3 is 10.6 Å². The van der Waals surface area contributed by atoms with Crippen LogP contribution in [0.15, 0.2) is 6.20 Å². The van der Waals surface area contributed by atoms with E-state index < -0.39 is 9.84 Å². The highest BCUT2D eigenvalue weighted by Crippen LogP contribution is 2.36. The van der Waals surface area contributed by atoms with Gasteiger partial charge in [-0.05, 0) is 18.8 Å². The van der Waals surface area contributed by atoms with Gasteiger partial charge in [-0.2, -0.15) is 0 Å². The Kier molecular flexibility index (Phi) is 2.75. The SMILES string of the molecule is O=S1(=O)Cc2cnc(NCC3CC3)nc2[C@H]2CNC[C@H]21. The summed E-state index contributed by atoms with van der Waals surface area (Å²) in [4.78, 5) is 8.86. The summed E-state index contributed by atoms with van der Waals surface area (Å²) in [5.41, 5.74) is 1.69. The second-order valence-electron chi connectivity index (χ2n) is 6.04. The summed E-state index contributed by atoms with van der Waals surface area (Å²) >= 11 is 0. The molecule has 108 valence electrons. The van der Waals surface area contributed by atoms with Crippen molar-refractivity contribution in [1.82, 2.24) is 15.3 Å². The molecule has 1 saturated heterocycles. The molecule has 4 rings (SSSR count). The Bertz CT molecular complexity index is 642. The van der Waals surface area contributed by atoms with E-state index >= 15 is 0 Å². The summed E-state index contributed by atoms with van der Waals surface area (Å²) in [5.74, 6) is 1.46. The van der Waals surface area contributed by atoms with Crippen LogP contribution in [0, 0.1) is 5.92 Å². The van der Waals surface area contributed by atoms with Gasteiger partial charge in [-0.1, -0.05) is 0 Å². The highest BCUT2D eigenvalue weighted by atomic mass is 32.2. The van der Waals surface area contributed by atoms with Crippen LogP contribution >= 0.6 is 0 Å². The van der Waals surface area contributed by atoms with Crippen LogP contribution in [0.1, 0.15) is 30.0 Å². The minimum atomic E-state index is -3.07. The van der Waals surface area contributed by atoms with E-state index in [4.69, 9.17) is 0 Å². The lowest BCUT2D eigenvalue weighted by Gasteiger charge is -2.26. The molecule has 0 amide bonds. The fourth-order valence-electron chi connectivity index (χ4n) is 3.12. The van der Waals surface area contributed by atoms with Crippen molar-refractivity contribution < 1.29 is 8.42 Å². The molecular weight excluding hydrogens is 276 g/mol. The number of sulfone groups is 1. The van der Waals surface area contributed by atoms with E-state index in [1.807, 2.05) is 0 Å². The third kappa shape index (κ3) is 2.09. The predicted octanol–water partition coefficient (Wildman–Crippen LogP) is 0.282. The molecule has 0 unspecified atom stereocenters. The van der Waals surface area contributed by atoms with Crippen LogP contribution in [-0.2, 0) is 15.6 Å². The molecule has 2 atom stereocenters. The number of fused-ring (bicyclic) bond motifs is 3. The van der Waals surface area contributed by atoms with Crippen molar-refractivity contribution in [3.8, 4) is 0 Å². The molecule has 0 spiro atoms. The van der Waals surface area contributed by atoms with Crippen molar-refractivity contribution in [2.75, 3.05) is 25.0 Å². The molecule has 3 aliphatic rings. The number of nitrogens with one attached hydrogen (secondary N) is 2. The highest BCUT2D eigenvalue weighted by Gasteiger charge is 2.44. The molecule has 1 aromatic rings. The van der Waals surface area contributed by atoms with Gasteiger partial charge in [-0.25, -0.2) is 18.4 Å². The average molecular weight is 294 g/mol. The second kappa shape index (κ2) is 4.39. The Morgan fingerprint density at radius 1 is 1.35 bits per heavy atom. The Hall–Kier alpha value is -1.21. The van der Waals surface area contributed by atoms with E-state index in [-0.39, 0.29) is 16.9 Å². The zero-order valence-corrected chi connectivity index (χ0v) is 12.0. The average Bonchev–Trinajstić information content (AvgIpc) is 3.10. The number of hydrogen-bond acceptors (Lipinski definition) is 6. The van der Waals surface area contributed by atoms with E-state index in [1.54, 1.807) is 6.20 Å². The second-order valence-corrected chi connectivity index (χ2v) is 8.26. The van der Waals surface area contributed by atoms with Gasteiger partial charge in [0.15, 0.2) is 9.84 Å². The van der Waals surface area contributed by atoms with E-state index in [2.05, 4.69) is 20.6 Å². The van der Waals surface area contributed by atoms with E-state index in [9.17, 15) is 8.42 Å². The number of hydrogen-bond donors (Lipinski definition) is 2. The molecule has 0 aromatic carbocycles. The van der Waals surface area contributed by atoms with Gasteiger partial charge in [0.25, 0.3) is 0 Å². The molecule has 3 heterocycles. The smallest absolute Gasteiger partial charge is 0.222 e. The summed E-state index contributed by atoms with van der Waals surface area (Å²) in [6.45, 7) is 2.15. The van der Waals surface area contributed by atoms with Gasteiger partial charge in [0.2, 0.25) is 5.95 Å². The van der Waals surface area contributed by atoms with Gasteiger partial charge in [-0.3, -0.25) is 0 Å². The molecule has 6 nitrogen and oxygen atoms in total. The van der Waals surface area contributed by atoms with Crippen LogP contribution in [0.25, 0.3) is 0 Å². The van der Waals surface area contributed by atoms with Crippen molar-refractivity contribution >= 4 is 15.8 Å². The first-order chi connectivity index (χ1) is 9.63. The molecule has 1 aromatic heterocycles. The molecule has 1 saturated carbocycles. The lowest BCUT2D eigenvalue weighted by atomic mass is 10.00. The standard InChI is InChI=1S/C13H18N4O2S/c18-20(19)7-9-4-16-13(15-3-8-1-2-8)17-12(9)10-5-14-6-11(10)20/h4,8,10-11,14H,1-3,5-7H2,(H,15,16,17)/t10-,11+/m0/s1. The van der Waals surface area contributed by atoms with Crippen molar-refractivity contribution in [3.63, 3.8) is 0 Å². The fourth-order valence-corrected chi connectivity index (χ4v) is 5.09. The Balaban J connectivity index is 1.66. The van der Waals surface area contributed by atoms with Crippen LogP contribution in [0.5, 0.6) is 0 Å². The van der Waals surface area contributed by atoms with Gasteiger partial charge >= 0.3 is 0 Å². The van der Waals surface area contributed by atoms with Crippen molar-refractivity contribution in [2.45, 2.75) is 29.8 Å². The van der Waals surface area contributed by atoms with Crippen LogP contribution in [-0.4, -0.2) is 43.3 Å². The van der Waals surface area contributed by atoms with E-state index in [0.29, 0.717) is 19.0 Å². The molecule has 0 bridgehead atoms. The zero-order valence-electron chi connectivity index (χ0n) is 11.2. The maximum Gasteiger partial charge on any atom is 0.222 e. The van der Waals surface area contributed by atoms with Crippen LogP contribution in [0.4, 0.5) is 5.95 Å². The number of rotatable bonds is 3. The lowest BCUT2D eigenvalue weighted by molar-refractivity contribution is 0.563. The van der Waals surface area contributed by atoms with Crippen molar-refractivity contribution in [3.05, 3.63) is 17.5 Å². The third-order valence-corrected chi connectivity index (χ3v) is 6.60. The van der Waals surface area contributed by atoms with Crippen LogP contribution in [0.3, 0.4) is 0 Å². The van der Waals surface area contributed by atoms with Gasteiger partial charge in [0, 0.05) is 37.3 Å². The van der Waals surface area contributed by atoms with E-state index in [1.165, 1.54) is 12.8 Å². The Labute approximate surface area is 118 Å². The quantitative estimate of drug-likeness (QED) is 0.833. The first-order valence-electron chi connectivity index (χ1n) is 7.15. The highest BCUT2D eigenvalue weighted by molar-refractivity contribution is 7.91. The molecule has 2 N–H and O–H groups in total. The number of nitrogens with zero attached hydrogens (tertiary/aromatic N) is 2. The number of aromatic nitrogens is 2. The summed E-state index contributed by atoms with van der Waals surface area (Å²) < 4.78 is 24.4. The maximum atomic E-state index is 12.2. The molecule has 1 aliphatic carbocycles. The van der Waals surface area contributed by atoms with Crippen LogP contribution < -0.4 is 10.6 Å². The molecular formula is C13H18N4O2S. The third-order valence-electron chi connectivity index (χ3n) is 4.47. The molecule has 20 heavy (non-hydrogen) atoms. The Morgan fingerprint density at radius 3 is 3.00 bits per heavy atom. The normalized spacial score (nSPS) is 30.6. The number of anilines is 1. The van der Waals surface area contributed by atoms with Gasteiger partial charge in [0.05, 0.1) is 16.7 Å². The molecule has 7 heteroatoms. The van der Waals surface area contributed by atoms with Crippen molar-refractivity contribution in [1.29, 1.82) is 0 Å². The summed E-state index contributed by atoms with van der Waals surface area (Å²) in [7, 11) is -3.07. The minimum absolute atomic E-state index is 0.0202. The fraction of sp³-hybridized carbons (Fsp3) is 0.692. The maximum absolute atomic E-state index is 12.2. The molecule has 2 aliphatic heterocycles. The summed E-state index contributed by atoms with van der Waals surface area (Å²) in [6, 6.07) is 0. The predicted molar refractivity (Wildman–Crippen MR) is 75.3 cm³/mol. The van der Waals surface area contributed by atoms with Gasteiger partial charge in [-0.15, -0.1) is 0 Å². The van der Waals surface area contributed by atoms with Gasteiger partial charge in [0.1, 0.15) is 0 Å². The first kappa shape index (κ1) is 12.5. The molecule has 0 radical (unpaired) electrons. The molecule has 2 fully saturated rings. The Morgan fingerprint density at radius 2 is 2.20 bits per heavy atom. The zero-order chi connectivity index (χ0) is 13.7. The largest absolute Gasteiger partial charge is 0.354 e. The minimum Gasteiger partial charge on any atom is -0.354 e. The van der Waals surface area contributed by atoms with E-state index in [0.717, 1.165) is 23.7 Å². The summed E-state index contributed by atoms with van der Waals surface area (Å²) in [5, 5.41) is 6.13. The van der Waals surface area contributed by atoms with Crippen LogP contribution in [0.2, 0.25) is 0 Å². The topological polar surface area (TPSA) is 84.0 Å². The monoisotopic (exact) mass is 294 g/mol. The van der Waals surface area contributed by atoms with Crippen molar-refractivity contribution in [2.24, 2.45) is 5.92 Å². The lowest BCUT2D eigenvalue weighted by Crippen LogP contribution is -2.35. The summed E-state index contributed by atoms with van der Waals surface area (Å²) in [6.07, 6.45) is 4.25.